The van der Waals surface area contributed by atoms with Crippen molar-refractivity contribution in [2.24, 2.45) is 17.3 Å². The van der Waals surface area contributed by atoms with Crippen LogP contribution in [0.4, 0.5) is 13.2 Å². The van der Waals surface area contributed by atoms with E-state index in [1.165, 1.54) is 29.6 Å². The topological polar surface area (TPSA) is 37.3 Å². The van der Waals surface area contributed by atoms with Crippen molar-refractivity contribution in [3.63, 3.8) is 0 Å². The van der Waals surface area contributed by atoms with Crippen molar-refractivity contribution >= 4 is 5.78 Å². The second-order valence-electron chi connectivity index (χ2n) is 11.3. The first-order valence-electron chi connectivity index (χ1n) is 12.5. The molecule has 0 amide bonds. The predicted octanol–water partition coefficient (Wildman–Crippen LogP) is 6.76. The third kappa shape index (κ3) is 3.07. The van der Waals surface area contributed by atoms with E-state index in [0.717, 1.165) is 24.0 Å². The number of hydrogen-bond donors (Lipinski definition) is 1. The van der Waals surface area contributed by atoms with Crippen molar-refractivity contribution in [2.75, 3.05) is 0 Å². The molecule has 0 radical (unpaired) electrons. The Morgan fingerprint density at radius 2 is 1.67 bits per heavy atom. The van der Waals surface area contributed by atoms with Crippen LogP contribution in [0, 0.1) is 17.3 Å². The summed E-state index contributed by atoms with van der Waals surface area (Å²) >= 11 is 0. The molecule has 5 heteroatoms. The van der Waals surface area contributed by atoms with E-state index in [1.54, 1.807) is 13.0 Å². The van der Waals surface area contributed by atoms with Gasteiger partial charge in [-0.1, -0.05) is 36.8 Å². The summed E-state index contributed by atoms with van der Waals surface area (Å²) in [6, 6.07) is 8.52. The Morgan fingerprint density at radius 1 is 0.970 bits per heavy atom. The summed E-state index contributed by atoms with van der Waals surface area (Å²) in [6.07, 6.45) is 2.74. The summed E-state index contributed by atoms with van der Waals surface area (Å²) in [5, 5.41) is 11.1. The number of halogens is 3. The third-order valence-corrected chi connectivity index (χ3v) is 9.74. The fourth-order valence-electron chi connectivity index (χ4n) is 7.85. The highest BCUT2D eigenvalue weighted by Crippen LogP contribution is 2.69. The standard InChI is InChI=1S/C28H31F3O2/c1-26-15-23(18-6-4-17(5-7-18)16-2-3-16)25-21-11-9-20(32)14-19(21)8-10-22(25)24(26)12-13-27(26,33)28(29,30)31/h4-7,14,16,22-24,33H,2-3,8-13,15H2,1H3/t22?,23-,24?,26+,27+/m1/s1. The van der Waals surface area contributed by atoms with E-state index in [2.05, 4.69) is 24.3 Å². The second-order valence-corrected chi connectivity index (χ2v) is 11.3. The number of rotatable bonds is 2. The minimum Gasteiger partial charge on any atom is -0.380 e. The van der Waals surface area contributed by atoms with E-state index in [-0.39, 0.29) is 30.0 Å². The molecule has 3 saturated carbocycles. The van der Waals surface area contributed by atoms with Gasteiger partial charge in [0.15, 0.2) is 11.4 Å². The van der Waals surface area contributed by atoms with Crippen molar-refractivity contribution in [1.82, 2.24) is 0 Å². The van der Waals surface area contributed by atoms with Gasteiger partial charge in [0, 0.05) is 17.8 Å². The summed E-state index contributed by atoms with van der Waals surface area (Å²) in [4.78, 5) is 12.1. The highest BCUT2D eigenvalue weighted by atomic mass is 19.4. The molecule has 1 aromatic rings. The number of alkyl halides is 3. The third-order valence-electron chi connectivity index (χ3n) is 9.74. The molecule has 1 aromatic carbocycles. The van der Waals surface area contributed by atoms with Gasteiger partial charge in [-0.15, -0.1) is 0 Å². The van der Waals surface area contributed by atoms with Gasteiger partial charge < -0.3 is 5.11 Å². The van der Waals surface area contributed by atoms with Crippen LogP contribution in [0.2, 0.25) is 0 Å². The van der Waals surface area contributed by atoms with Crippen LogP contribution >= 0.6 is 0 Å². The zero-order valence-corrected chi connectivity index (χ0v) is 19.0. The van der Waals surface area contributed by atoms with Gasteiger partial charge in [0.2, 0.25) is 0 Å². The summed E-state index contributed by atoms with van der Waals surface area (Å²) in [5.41, 5.74) is 2.11. The normalized spacial score (nSPS) is 38.5. The molecule has 0 heterocycles. The number of carbonyl (C=O) groups is 1. The van der Waals surface area contributed by atoms with Crippen LogP contribution in [0.25, 0.3) is 0 Å². The van der Waals surface area contributed by atoms with Gasteiger partial charge >= 0.3 is 6.18 Å². The maximum Gasteiger partial charge on any atom is 0.417 e. The molecule has 0 aromatic heterocycles. The average Bonchev–Trinajstić information content (AvgIpc) is 3.58. The SMILES string of the molecule is C[C@]12C[C@H](c3ccc(C4CC4)cc3)C3=C4CCC(=O)C=C4CCC3C1CC[C@@]2(O)C(F)(F)F. The molecule has 0 bridgehead atoms. The Morgan fingerprint density at radius 3 is 2.33 bits per heavy atom. The van der Waals surface area contributed by atoms with Gasteiger partial charge in [0.1, 0.15) is 0 Å². The minimum atomic E-state index is -4.64. The van der Waals surface area contributed by atoms with Gasteiger partial charge in [0.05, 0.1) is 0 Å². The maximum absolute atomic E-state index is 14.3. The minimum absolute atomic E-state index is 0.0357. The molecule has 2 nitrogen and oxygen atoms in total. The first-order chi connectivity index (χ1) is 15.6. The van der Waals surface area contributed by atoms with E-state index < -0.39 is 17.2 Å². The first-order valence-corrected chi connectivity index (χ1v) is 12.5. The Kier molecular flexibility index (Phi) is 4.63. The lowest BCUT2D eigenvalue weighted by molar-refractivity contribution is -0.299. The molecule has 0 aliphatic heterocycles. The Bertz CT molecular complexity index is 1060. The second kappa shape index (κ2) is 7.07. The quantitative estimate of drug-likeness (QED) is 0.534. The van der Waals surface area contributed by atoms with Crippen LogP contribution < -0.4 is 0 Å². The molecule has 6 rings (SSSR count). The summed E-state index contributed by atoms with van der Waals surface area (Å²) in [5.74, 6) is 0.483. The fourth-order valence-corrected chi connectivity index (χ4v) is 7.85. The largest absolute Gasteiger partial charge is 0.417 e. The van der Waals surface area contributed by atoms with Gasteiger partial charge in [0.25, 0.3) is 0 Å². The molecule has 5 aliphatic rings. The number of fused-ring (bicyclic) bond motifs is 4. The number of benzene rings is 1. The van der Waals surface area contributed by atoms with Gasteiger partial charge in [-0.25, -0.2) is 0 Å². The number of hydrogen-bond acceptors (Lipinski definition) is 2. The van der Waals surface area contributed by atoms with E-state index in [0.29, 0.717) is 31.6 Å². The van der Waals surface area contributed by atoms with Crippen molar-refractivity contribution in [1.29, 1.82) is 0 Å². The fraction of sp³-hybridized carbons (Fsp3) is 0.607. The molecular formula is C28H31F3O2. The number of ketones is 1. The zero-order valence-electron chi connectivity index (χ0n) is 19.0. The predicted molar refractivity (Wildman–Crippen MR) is 120 cm³/mol. The molecule has 2 unspecified atom stereocenters. The Balaban J connectivity index is 1.50. The molecule has 33 heavy (non-hydrogen) atoms. The Hall–Kier alpha value is -1.88. The molecule has 0 saturated heterocycles. The van der Waals surface area contributed by atoms with Crippen LogP contribution in [-0.2, 0) is 4.79 Å². The first kappa shape index (κ1) is 21.6. The van der Waals surface area contributed by atoms with E-state index in [4.69, 9.17) is 0 Å². The van der Waals surface area contributed by atoms with E-state index in [1.807, 2.05) is 0 Å². The summed E-state index contributed by atoms with van der Waals surface area (Å²) in [6.45, 7) is 1.70. The van der Waals surface area contributed by atoms with Gasteiger partial charge in [-0.05, 0) is 97.5 Å². The highest BCUT2D eigenvalue weighted by Gasteiger charge is 2.72. The lowest BCUT2D eigenvalue weighted by Gasteiger charge is -2.55. The van der Waals surface area contributed by atoms with Crippen molar-refractivity contribution in [2.45, 2.75) is 88.3 Å². The molecule has 1 N–H and O–H groups in total. The monoisotopic (exact) mass is 456 g/mol. The number of aliphatic hydroxyl groups is 1. The number of allylic oxidation sites excluding steroid dienone is 4. The van der Waals surface area contributed by atoms with Gasteiger partial charge in [-0.2, -0.15) is 13.2 Å². The van der Waals surface area contributed by atoms with Crippen LogP contribution in [0.15, 0.2) is 47.1 Å². The van der Waals surface area contributed by atoms with E-state index >= 15 is 0 Å². The van der Waals surface area contributed by atoms with Crippen LogP contribution in [0.5, 0.6) is 0 Å². The summed E-state index contributed by atoms with van der Waals surface area (Å²) in [7, 11) is 0. The van der Waals surface area contributed by atoms with Crippen molar-refractivity contribution in [3.05, 3.63) is 58.2 Å². The molecule has 0 spiro atoms. The molecular weight excluding hydrogens is 425 g/mol. The lowest BCUT2D eigenvalue weighted by Crippen LogP contribution is -2.58. The van der Waals surface area contributed by atoms with E-state index in [9.17, 15) is 23.1 Å². The smallest absolute Gasteiger partial charge is 0.380 e. The maximum atomic E-state index is 14.3. The lowest BCUT2D eigenvalue weighted by atomic mass is 9.51. The average molecular weight is 457 g/mol. The van der Waals surface area contributed by atoms with Gasteiger partial charge in [-0.3, -0.25) is 4.79 Å². The van der Waals surface area contributed by atoms with Crippen LogP contribution in [-0.4, -0.2) is 22.7 Å². The zero-order chi connectivity index (χ0) is 23.2. The van der Waals surface area contributed by atoms with Crippen molar-refractivity contribution < 1.29 is 23.1 Å². The molecule has 176 valence electrons. The molecule has 5 atom stereocenters. The van der Waals surface area contributed by atoms with Crippen LogP contribution in [0.1, 0.15) is 87.7 Å². The molecule has 5 aliphatic carbocycles. The highest BCUT2D eigenvalue weighted by molar-refractivity contribution is 5.93. The number of carbonyl (C=O) groups excluding carboxylic acids is 1. The summed E-state index contributed by atoms with van der Waals surface area (Å²) < 4.78 is 42.8. The van der Waals surface area contributed by atoms with Crippen molar-refractivity contribution in [3.8, 4) is 0 Å². The van der Waals surface area contributed by atoms with Crippen LogP contribution in [0.3, 0.4) is 0 Å². The molecule has 3 fully saturated rings. The Labute approximate surface area is 193 Å².